The van der Waals surface area contributed by atoms with Crippen LogP contribution >= 0.6 is 0 Å². The van der Waals surface area contributed by atoms with Gasteiger partial charge in [-0.3, -0.25) is 14.5 Å². The van der Waals surface area contributed by atoms with Gasteiger partial charge in [0.15, 0.2) is 17.3 Å². The maximum atomic E-state index is 13.1. The monoisotopic (exact) mass is 537 g/mol. The second kappa shape index (κ2) is 13.9. The van der Waals surface area contributed by atoms with Crippen LogP contribution in [0.4, 0.5) is 0 Å². The van der Waals surface area contributed by atoms with Crippen molar-refractivity contribution in [3.63, 3.8) is 0 Å². The molecular formula is C32H43NO6. The number of aliphatic hydroxyl groups is 1. The van der Waals surface area contributed by atoms with E-state index >= 15 is 0 Å². The third-order valence-corrected chi connectivity index (χ3v) is 8.20. The molecule has 4 rings (SSSR count). The number of ketones is 2. The molecule has 0 bridgehead atoms. The van der Waals surface area contributed by atoms with Gasteiger partial charge in [-0.1, -0.05) is 12.5 Å². The lowest BCUT2D eigenvalue weighted by atomic mass is 9.88. The molecule has 2 aromatic rings. The second-order valence-corrected chi connectivity index (χ2v) is 11.0. The lowest BCUT2D eigenvalue weighted by Gasteiger charge is -2.33. The summed E-state index contributed by atoms with van der Waals surface area (Å²) in [6.45, 7) is 6.15. The van der Waals surface area contributed by atoms with Gasteiger partial charge in [0, 0.05) is 49.4 Å². The summed E-state index contributed by atoms with van der Waals surface area (Å²) in [6, 6.07) is 13.6. The van der Waals surface area contributed by atoms with Crippen LogP contribution in [0.15, 0.2) is 42.5 Å². The molecular weight excluding hydrogens is 494 g/mol. The first-order valence-electron chi connectivity index (χ1n) is 14.4. The normalized spacial score (nSPS) is 20.4. The van der Waals surface area contributed by atoms with Crippen LogP contribution in [0.3, 0.4) is 0 Å². The molecule has 212 valence electrons. The number of Topliss-reactive ketones (excluding diaryl/α,β-unsaturated/α-hetero) is 2. The van der Waals surface area contributed by atoms with Crippen LogP contribution in [0.5, 0.6) is 17.2 Å². The largest absolute Gasteiger partial charge is 0.497 e. The average molecular weight is 538 g/mol. The quantitative estimate of drug-likeness (QED) is 0.241. The van der Waals surface area contributed by atoms with Crippen LogP contribution in [0.2, 0.25) is 0 Å². The number of carbonyl (C=O) groups is 2. The number of benzene rings is 2. The van der Waals surface area contributed by atoms with Gasteiger partial charge in [-0.05, 0) is 81.5 Å². The van der Waals surface area contributed by atoms with Crippen molar-refractivity contribution in [2.75, 3.05) is 26.9 Å². The van der Waals surface area contributed by atoms with E-state index in [2.05, 4.69) is 18.7 Å². The highest BCUT2D eigenvalue weighted by atomic mass is 16.6. The van der Waals surface area contributed by atoms with Gasteiger partial charge in [-0.15, -0.1) is 0 Å². The maximum absolute atomic E-state index is 13.1. The first-order valence-corrected chi connectivity index (χ1v) is 14.4. The molecule has 0 spiro atoms. The molecule has 0 aromatic heterocycles. The molecule has 39 heavy (non-hydrogen) atoms. The fraction of sp³-hybridized carbons (Fsp3) is 0.562. The molecule has 1 fully saturated rings. The van der Waals surface area contributed by atoms with E-state index in [0.717, 1.165) is 43.4 Å². The number of rotatable bonds is 14. The molecule has 1 saturated heterocycles. The number of hydrogen-bond donors (Lipinski definition) is 1. The Morgan fingerprint density at radius 3 is 2.31 bits per heavy atom. The van der Waals surface area contributed by atoms with Gasteiger partial charge in [0.2, 0.25) is 0 Å². The third-order valence-electron chi connectivity index (χ3n) is 8.20. The second-order valence-electron chi connectivity index (χ2n) is 11.0. The van der Waals surface area contributed by atoms with Crippen LogP contribution in [-0.4, -0.2) is 60.5 Å². The summed E-state index contributed by atoms with van der Waals surface area (Å²) < 4.78 is 16.5. The number of nitrogens with zero attached hydrogens (tertiary/aromatic N) is 1. The minimum atomic E-state index is -0.771. The van der Waals surface area contributed by atoms with Crippen molar-refractivity contribution in [1.82, 2.24) is 4.90 Å². The van der Waals surface area contributed by atoms with Crippen molar-refractivity contribution in [2.45, 2.75) is 83.4 Å². The van der Waals surface area contributed by atoms with Gasteiger partial charge in [-0.25, -0.2) is 0 Å². The Kier molecular flexibility index (Phi) is 10.4. The van der Waals surface area contributed by atoms with Gasteiger partial charge in [-0.2, -0.15) is 0 Å². The molecule has 2 aromatic carbocycles. The molecule has 2 aliphatic rings. The number of aliphatic hydroxyl groups excluding tert-OH is 1. The lowest BCUT2D eigenvalue weighted by molar-refractivity contribution is -0.121. The molecule has 4 atom stereocenters. The van der Waals surface area contributed by atoms with E-state index < -0.39 is 6.10 Å². The van der Waals surface area contributed by atoms with Crippen molar-refractivity contribution in [2.24, 2.45) is 5.92 Å². The van der Waals surface area contributed by atoms with Crippen LogP contribution in [0.1, 0.15) is 87.2 Å². The van der Waals surface area contributed by atoms with E-state index in [-0.39, 0.29) is 17.5 Å². The molecule has 0 amide bonds. The Bertz CT molecular complexity index is 1090. The predicted molar refractivity (Wildman–Crippen MR) is 151 cm³/mol. The number of methoxy groups -OCH3 is 1. The highest BCUT2D eigenvalue weighted by Crippen LogP contribution is 2.37. The summed E-state index contributed by atoms with van der Waals surface area (Å²) in [7, 11) is 1.60. The predicted octanol–water partition coefficient (Wildman–Crippen LogP) is 5.78. The summed E-state index contributed by atoms with van der Waals surface area (Å²) in [4.78, 5) is 28.0. The third kappa shape index (κ3) is 7.83. The Morgan fingerprint density at radius 2 is 1.62 bits per heavy atom. The van der Waals surface area contributed by atoms with Crippen molar-refractivity contribution in [1.29, 1.82) is 0 Å². The van der Waals surface area contributed by atoms with Crippen LogP contribution in [-0.2, 0) is 4.79 Å². The zero-order valence-electron chi connectivity index (χ0n) is 23.6. The Hall–Kier alpha value is -2.90. The van der Waals surface area contributed by atoms with E-state index in [1.807, 2.05) is 18.2 Å². The molecule has 1 N–H and O–H groups in total. The highest BCUT2D eigenvalue weighted by molar-refractivity contribution is 5.96. The smallest absolute Gasteiger partial charge is 0.162 e. The number of hydrogen-bond acceptors (Lipinski definition) is 7. The molecule has 2 heterocycles. The maximum Gasteiger partial charge on any atom is 0.162 e. The van der Waals surface area contributed by atoms with E-state index in [1.165, 1.54) is 0 Å². The highest BCUT2D eigenvalue weighted by Gasteiger charge is 2.33. The molecule has 7 heteroatoms. The van der Waals surface area contributed by atoms with E-state index in [0.29, 0.717) is 68.2 Å². The Labute approximate surface area is 232 Å². The summed E-state index contributed by atoms with van der Waals surface area (Å²) in [5.41, 5.74) is 1.45. The van der Waals surface area contributed by atoms with E-state index in [1.54, 1.807) is 31.4 Å². The fourth-order valence-electron chi connectivity index (χ4n) is 5.77. The van der Waals surface area contributed by atoms with Gasteiger partial charge in [0.25, 0.3) is 0 Å². The van der Waals surface area contributed by atoms with Crippen molar-refractivity contribution in [3.05, 3.63) is 53.6 Å². The molecule has 2 aliphatic heterocycles. The van der Waals surface area contributed by atoms with Crippen molar-refractivity contribution in [3.8, 4) is 17.2 Å². The fourth-order valence-corrected chi connectivity index (χ4v) is 5.77. The summed E-state index contributed by atoms with van der Waals surface area (Å²) in [5, 5.41) is 11.5. The standard InChI is InChI=1S/C32H43NO6/c1-22-9-10-23(2)33(22)21-26(32(36)25-13-16-30-31(20-25)39-18-17-38-30)19-27(34)7-5-4-6-8-29(35)24-11-14-28(37-3)15-12-24/h11-16,20,22-23,26,32,36H,4-10,17-19,21H2,1-3H3/t22-,23+,26-,32-/m1/s1. The molecule has 0 radical (unpaired) electrons. The number of unbranched alkanes of at least 4 members (excludes halogenated alkanes) is 2. The van der Waals surface area contributed by atoms with Gasteiger partial charge < -0.3 is 19.3 Å². The zero-order valence-corrected chi connectivity index (χ0v) is 23.6. The van der Waals surface area contributed by atoms with Crippen LogP contribution in [0, 0.1) is 5.92 Å². The van der Waals surface area contributed by atoms with E-state index in [4.69, 9.17) is 14.2 Å². The molecule has 0 unspecified atom stereocenters. The Morgan fingerprint density at radius 1 is 0.949 bits per heavy atom. The first-order chi connectivity index (χ1) is 18.9. The Balaban J connectivity index is 1.30. The van der Waals surface area contributed by atoms with Gasteiger partial charge in [0.05, 0.1) is 13.2 Å². The summed E-state index contributed by atoms with van der Waals surface area (Å²) >= 11 is 0. The SMILES string of the molecule is COc1ccc(C(=O)CCCCCC(=O)C[C@H](CN2[C@H](C)CC[C@@H]2C)[C@H](O)c2ccc3c(c2)OCCO3)cc1. The minimum absolute atomic E-state index is 0.112. The van der Waals surface area contributed by atoms with Crippen LogP contribution < -0.4 is 14.2 Å². The first kappa shape index (κ1) is 29.1. The molecule has 0 saturated carbocycles. The van der Waals surface area contributed by atoms with Crippen molar-refractivity contribution < 1.29 is 28.9 Å². The van der Waals surface area contributed by atoms with Crippen molar-refractivity contribution >= 4 is 11.6 Å². The van der Waals surface area contributed by atoms with Crippen LogP contribution in [0.25, 0.3) is 0 Å². The summed E-state index contributed by atoms with van der Waals surface area (Å²) in [6.07, 6.45) is 5.09. The lowest BCUT2D eigenvalue weighted by Crippen LogP contribution is -2.39. The minimum Gasteiger partial charge on any atom is -0.497 e. The molecule has 7 nitrogen and oxygen atoms in total. The average Bonchev–Trinajstić information content (AvgIpc) is 3.28. The topological polar surface area (TPSA) is 85.3 Å². The zero-order chi connectivity index (χ0) is 27.8. The number of carbonyl (C=O) groups excluding carboxylic acids is 2. The molecule has 0 aliphatic carbocycles. The van der Waals surface area contributed by atoms with E-state index in [9.17, 15) is 14.7 Å². The number of likely N-dealkylation sites (tertiary alicyclic amines) is 1. The van der Waals surface area contributed by atoms with Gasteiger partial charge >= 0.3 is 0 Å². The number of ether oxygens (including phenoxy) is 3. The summed E-state index contributed by atoms with van der Waals surface area (Å²) in [5.74, 6) is 2.14. The van der Waals surface area contributed by atoms with Gasteiger partial charge in [0.1, 0.15) is 24.7 Å². The number of fused-ring (bicyclic) bond motifs is 1.